The summed E-state index contributed by atoms with van der Waals surface area (Å²) in [5.74, 6) is -0.168. The number of carbonyl (C=O) groups is 1. The summed E-state index contributed by atoms with van der Waals surface area (Å²) in [6, 6.07) is 5.47. The van der Waals surface area contributed by atoms with Crippen molar-refractivity contribution >= 4 is 44.2 Å². The molecule has 0 saturated carbocycles. The number of amides is 1. The Morgan fingerprint density at radius 3 is 3.10 bits per heavy atom. The van der Waals surface area contributed by atoms with E-state index in [2.05, 4.69) is 15.6 Å². The lowest BCUT2D eigenvalue weighted by atomic mass is 10.1. The Morgan fingerprint density at radius 2 is 2.29 bits per heavy atom. The van der Waals surface area contributed by atoms with Crippen LogP contribution in [0.5, 0.6) is 0 Å². The molecule has 1 aromatic carbocycles. The van der Waals surface area contributed by atoms with Gasteiger partial charge < -0.3 is 10.1 Å². The molecule has 3 rings (SSSR count). The molecule has 0 radical (unpaired) electrons. The maximum Gasteiger partial charge on any atom is 0.252 e. The van der Waals surface area contributed by atoms with Gasteiger partial charge in [0.25, 0.3) is 5.91 Å². The molecule has 2 heterocycles. The van der Waals surface area contributed by atoms with E-state index in [9.17, 15) is 4.79 Å². The molecule has 0 atom stereocenters. The van der Waals surface area contributed by atoms with Crippen molar-refractivity contribution in [1.29, 1.82) is 0 Å². The van der Waals surface area contributed by atoms with E-state index in [0.717, 1.165) is 36.1 Å². The second-order valence-electron chi connectivity index (χ2n) is 4.94. The Labute approximate surface area is 131 Å². The second kappa shape index (κ2) is 6.70. The van der Waals surface area contributed by atoms with Crippen LogP contribution in [0.3, 0.4) is 0 Å². The van der Waals surface area contributed by atoms with Crippen LogP contribution in [0.15, 0.2) is 18.2 Å². The van der Waals surface area contributed by atoms with E-state index in [-0.39, 0.29) is 18.6 Å². The van der Waals surface area contributed by atoms with Crippen LogP contribution in [0.25, 0.3) is 10.2 Å². The number of ether oxygens (including phenoxy) is 1. The minimum atomic E-state index is -0.168. The van der Waals surface area contributed by atoms with E-state index >= 15 is 0 Å². The van der Waals surface area contributed by atoms with E-state index in [1.807, 2.05) is 12.1 Å². The van der Waals surface area contributed by atoms with Gasteiger partial charge in [-0.05, 0) is 44.1 Å². The zero-order valence-corrected chi connectivity index (χ0v) is 13.0. The Balaban J connectivity index is 1.55. The summed E-state index contributed by atoms with van der Waals surface area (Å²) >= 11 is 7.34. The molecule has 1 saturated heterocycles. The van der Waals surface area contributed by atoms with Gasteiger partial charge in [0, 0.05) is 5.02 Å². The molecule has 21 heavy (non-hydrogen) atoms. The number of benzene rings is 1. The number of rotatable bonds is 4. The molecule has 1 aliphatic heterocycles. The number of nitrogens with one attached hydrogen (secondary N) is 2. The third-order valence-corrected chi connectivity index (χ3v) is 4.50. The second-order valence-corrected chi connectivity index (χ2v) is 6.41. The molecule has 1 aromatic heterocycles. The predicted molar refractivity (Wildman–Crippen MR) is 85.1 cm³/mol. The fourth-order valence-electron chi connectivity index (χ4n) is 2.26. The average Bonchev–Trinajstić information content (AvgIpc) is 2.87. The molecule has 1 aliphatic rings. The first kappa shape index (κ1) is 14.7. The number of aromatic nitrogens is 1. The van der Waals surface area contributed by atoms with Crippen molar-refractivity contribution in [2.45, 2.75) is 18.9 Å². The summed E-state index contributed by atoms with van der Waals surface area (Å²) < 4.78 is 6.57. The number of halogens is 1. The highest BCUT2D eigenvalue weighted by Crippen LogP contribution is 2.28. The van der Waals surface area contributed by atoms with Gasteiger partial charge in [-0.25, -0.2) is 4.98 Å². The highest BCUT2D eigenvalue weighted by atomic mass is 35.5. The summed E-state index contributed by atoms with van der Waals surface area (Å²) in [6.07, 6.45) is 2.07. The Hall–Kier alpha value is -1.21. The zero-order valence-electron chi connectivity index (χ0n) is 11.4. The monoisotopic (exact) mass is 325 g/mol. The lowest BCUT2D eigenvalue weighted by molar-refractivity contribution is -0.123. The molecule has 7 heteroatoms. The molecular formula is C14H16ClN3O2S. The maximum atomic E-state index is 11.9. The molecular weight excluding hydrogens is 310 g/mol. The quantitative estimate of drug-likeness (QED) is 0.907. The summed E-state index contributed by atoms with van der Waals surface area (Å²) in [6.45, 7) is 1.97. The first-order valence-corrected chi connectivity index (χ1v) is 8.08. The standard InChI is InChI=1S/C14H16ClN3O2S/c15-9-1-2-11-12(7-9)21-14(17-11)18-13(19)8-20-10-3-5-16-6-4-10/h1-2,7,10,16H,3-6,8H2,(H,17,18,19). The fraction of sp³-hybridized carbons (Fsp3) is 0.429. The van der Waals surface area contributed by atoms with Gasteiger partial charge in [0.1, 0.15) is 6.61 Å². The summed E-state index contributed by atoms with van der Waals surface area (Å²) in [5, 5.41) is 7.28. The van der Waals surface area contributed by atoms with Crippen molar-refractivity contribution in [2.75, 3.05) is 25.0 Å². The van der Waals surface area contributed by atoms with E-state index in [1.165, 1.54) is 11.3 Å². The van der Waals surface area contributed by atoms with Gasteiger partial charge >= 0.3 is 0 Å². The molecule has 1 fully saturated rings. The van der Waals surface area contributed by atoms with E-state index in [1.54, 1.807) is 6.07 Å². The lowest BCUT2D eigenvalue weighted by Gasteiger charge is -2.22. The van der Waals surface area contributed by atoms with Crippen LogP contribution in [-0.2, 0) is 9.53 Å². The van der Waals surface area contributed by atoms with Crippen LogP contribution in [-0.4, -0.2) is 36.7 Å². The summed E-state index contributed by atoms with van der Waals surface area (Å²) in [7, 11) is 0. The number of fused-ring (bicyclic) bond motifs is 1. The molecule has 1 amide bonds. The normalized spacial score (nSPS) is 16.2. The maximum absolute atomic E-state index is 11.9. The molecule has 0 unspecified atom stereocenters. The number of anilines is 1. The fourth-order valence-corrected chi connectivity index (χ4v) is 3.42. The number of nitrogens with zero attached hydrogens (tertiary/aromatic N) is 1. The van der Waals surface area contributed by atoms with Gasteiger partial charge in [-0.2, -0.15) is 0 Å². The first-order valence-electron chi connectivity index (χ1n) is 6.89. The van der Waals surface area contributed by atoms with Crippen LogP contribution in [0, 0.1) is 0 Å². The van der Waals surface area contributed by atoms with Crippen LogP contribution in [0.4, 0.5) is 5.13 Å². The number of hydrogen-bond acceptors (Lipinski definition) is 5. The minimum Gasteiger partial charge on any atom is -0.368 e. The topological polar surface area (TPSA) is 63.2 Å². The molecule has 0 bridgehead atoms. The largest absolute Gasteiger partial charge is 0.368 e. The molecule has 0 aliphatic carbocycles. The number of hydrogen-bond donors (Lipinski definition) is 2. The van der Waals surface area contributed by atoms with Crippen molar-refractivity contribution in [3.05, 3.63) is 23.2 Å². The average molecular weight is 326 g/mol. The first-order chi connectivity index (χ1) is 10.2. The van der Waals surface area contributed by atoms with Crippen molar-refractivity contribution < 1.29 is 9.53 Å². The highest BCUT2D eigenvalue weighted by Gasteiger charge is 2.15. The van der Waals surface area contributed by atoms with Gasteiger partial charge in [0.15, 0.2) is 5.13 Å². The van der Waals surface area contributed by atoms with Crippen LogP contribution >= 0.6 is 22.9 Å². The molecule has 0 spiro atoms. The van der Waals surface area contributed by atoms with Gasteiger partial charge in [-0.3, -0.25) is 10.1 Å². The van der Waals surface area contributed by atoms with Gasteiger partial charge in [0.05, 0.1) is 16.3 Å². The molecule has 112 valence electrons. The van der Waals surface area contributed by atoms with Crippen molar-refractivity contribution in [2.24, 2.45) is 0 Å². The van der Waals surface area contributed by atoms with Crippen LogP contribution in [0.2, 0.25) is 5.02 Å². The Morgan fingerprint density at radius 1 is 1.48 bits per heavy atom. The lowest BCUT2D eigenvalue weighted by Crippen LogP contribution is -2.34. The SMILES string of the molecule is O=C(COC1CCNCC1)Nc1nc2ccc(Cl)cc2s1. The molecule has 2 aromatic rings. The zero-order chi connectivity index (χ0) is 14.7. The van der Waals surface area contributed by atoms with E-state index < -0.39 is 0 Å². The number of thiazole rings is 1. The highest BCUT2D eigenvalue weighted by molar-refractivity contribution is 7.22. The smallest absolute Gasteiger partial charge is 0.252 e. The van der Waals surface area contributed by atoms with Crippen LogP contribution < -0.4 is 10.6 Å². The summed E-state index contributed by atoms with van der Waals surface area (Å²) in [5.41, 5.74) is 0.832. The van der Waals surface area contributed by atoms with E-state index in [0.29, 0.717) is 10.2 Å². The van der Waals surface area contributed by atoms with Crippen molar-refractivity contribution in [3.8, 4) is 0 Å². The van der Waals surface area contributed by atoms with Gasteiger partial charge in [-0.15, -0.1) is 0 Å². The molecule has 2 N–H and O–H groups in total. The van der Waals surface area contributed by atoms with Crippen LogP contribution in [0.1, 0.15) is 12.8 Å². The Bertz CT molecular complexity index is 640. The third kappa shape index (κ3) is 3.91. The van der Waals surface area contributed by atoms with Crippen molar-refractivity contribution in [1.82, 2.24) is 10.3 Å². The minimum absolute atomic E-state index is 0.0708. The molecule has 5 nitrogen and oxygen atoms in total. The predicted octanol–water partition coefficient (Wildman–Crippen LogP) is 2.66. The van der Waals surface area contributed by atoms with E-state index in [4.69, 9.17) is 16.3 Å². The third-order valence-electron chi connectivity index (χ3n) is 3.33. The summed E-state index contributed by atoms with van der Waals surface area (Å²) in [4.78, 5) is 16.2. The van der Waals surface area contributed by atoms with Gasteiger partial charge in [0.2, 0.25) is 0 Å². The van der Waals surface area contributed by atoms with Gasteiger partial charge in [-0.1, -0.05) is 22.9 Å². The number of carbonyl (C=O) groups excluding carboxylic acids is 1. The Kier molecular flexibility index (Phi) is 4.70. The van der Waals surface area contributed by atoms with Crippen molar-refractivity contribution in [3.63, 3.8) is 0 Å². The number of piperidine rings is 1.